The second kappa shape index (κ2) is 9.92. The van der Waals surface area contributed by atoms with Crippen molar-refractivity contribution in [1.82, 2.24) is 4.90 Å². The van der Waals surface area contributed by atoms with E-state index in [4.69, 9.17) is 9.47 Å². The van der Waals surface area contributed by atoms with Crippen molar-refractivity contribution in [2.75, 3.05) is 20.2 Å². The number of nitrogens with zero attached hydrogens (tertiary/aromatic N) is 1. The fourth-order valence-corrected chi connectivity index (χ4v) is 5.19. The molecule has 0 N–H and O–H groups in total. The highest BCUT2D eigenvalue weighted by atomic mass is 19.4. The van der Waals surface area contributed by atoms with Gasteiger partial charge in [0.2, 0.25) is 0 Å². The van der Waals surface area contributed by atoms with Gasteiger partial charge in [-0.3, -0.25) is 9.69 Å². The van der Waals surface area contributed by atoms with Gasteiger partial charge in [0, 0.05) is 6.54 Å². The van der Waals surface area contributed by atoms with Crippen LogP contribution in [0.4, 0.5) is 13.2 Å². The Hall–Kier alpha value is -2.28. The summed E-state index contributed by atoms with van der Waals surface area (Å²) in [7, 11) is 1.40. The molecule has 7 heteroatoms. The lowest BCUT2D eigenvalue weighted by atomic mass is 9.89. The summed E-state index contributed by atoms with van der Waals surface area (Å²) in [6, 6.07) is 8.39. The largest absolute Gasteiger partial charge is 0.490 e. The Bertz CT molecular complexity index is 975. The van der Waals surface area contributed by atoms with Crippen LogP contribution in [0.2, 0.25) is 0 Å². The van der Waals surface area contributed by atoms with Crippen molar-refractivity contribution in [2.45, 2.75) is 64.3 Å². The summed E-state index contributed by atoms with van der Waals surface area (Å²) in [6.45, 7) is 4.14. The lowest BCUT2D eigenvalue weighted by Gasteiger charge is -2.31. The van der Waals surface area contributed by atoms with Crippen LogP contribution in [0.5, 0.6) is 5.75 Å². The number of alkyl halides is 3. The second-order valence-electron chi connectivity index (χ2n) is 9.52. The predicted molar refractivity (Wildman–Crippen MR) is 121 cm³/mol. The third kappa shape index (κ3) is 5.45. The van der Waals surface area contributed by atoms with Gasteiger partial charge in [-0.05, 0) is 79.9 Å². The zero-order valence-corrected chi connectivity index (χ0v) is 19.3. The fourth-order valence-electron chi connectivity index (χ4n) is 5.19. The fraction of sp³-hybridized carbons (Fsp3) is 0.577. The summed E-state index contributed by atoms with van der Waals surface area (Å²) in [5.74, 6) is 0.252. The molecule has 2 aromatic rings. The Morgan fingerprint density at radius 1 is 1.00 bits per heavy atom. The van der Waals surface area contributed by atoms with Crippen molar-refractivity contribution in [3.8, 4) is 5.75 Å². The Kier molecular flexibility index (Phi) is 7.17. The molecule has 2 aliphatic rings. The Morgan fingerprint density at radius 3 is 2.33 bits per heavy atom. The van der Waals surface area contributed by atoms with Crippen LogP contribution in [0.15, 0.2) is 30.3 Å². The Morgan fingerprint density at radius 2 is 1.70 bits per heavy atom. The number of carbonyl (C=O) groups is 1. The molecule has 0 atom stereocenters. The first-order valence-corrected chi connectivity index (χ1v) is 11.8. The van der Waals surface area contributed by atoms with Gasteiger partial charge in [0.1, 0.15) is 11.3 Å². The number of hydrogen-bond donors (Lipinski definition) is 0. The van der Waals surface area contributed by atoms with Gasteiger partial charge < -0.3 is 9.47 Å². The third-order valence-corrected chi connectivity index (χ3v) is 7.17. The maximum Gasteiger partial charge on any atom is 0.420 e. The number of halogens is 3. The van der Waals surface area contributed by atoms with Crippen molar-refractivity contribution in [2.24, 2.45) is 11.8 Å². The SMILES string of the molecule is COC(=O)C1CCN(Cc2cccc3c(C(F)(F)F)c(OC4CCC(C)CC4)ccc23)CC1. The zero-order valence-electron chi connectivity index (χ0n) is 19.3. The minimum atomic E-state index is -4.51. The highest BCUT2D eigenvalue weighted by Gasteiger charge is 2.37. The monoisotopic (exact) mass is 463 g/mol. The van der Waals surface area contributed by atoms with E-state index in [0.717, 1.165) is 31.2 Å². The van der Waals surface area contributed by atoms with E-state index in [1.807, 2.05) is 6.07 Å². The topological polar surface area (TPSA) is 38.8 Å². The number of esters is 1. The summed E-state index contributed by atoms with van der Waals surface area (Å²) in [5, 5.41) is 0.788. The van der Waals surface area contributed by atoms with Gasteiger partial charge in [-0.1, -0.05) is 31.2 Å². The van der Waals surface area contributed by atoms with Crippen molar-refractivity contribution in [3.05, 3.63) is 41.5 Å². The lowest BCUT2D eigenvalue weighted by molar-refractivity contribution is -0.147. The van der Waals surface area contributed by atoms with E-state index in [-0.39, 0.29) is 29.1 Å². The van der Waals surface area contributed by atoms with Crippen LogP contribution in [0.3, 0.4) is 0 Å². The van der Waals surface area contributed by atoms with Crippen molar-refractivity contribution in [3.63, 3.8) is 0 Å². The molecule has 1 heterocycles. The number of piperidine rings is 1. The van der Waals surface area contributed by atoms with Crippen LogP contribution in [0, 0.1) is 11.8 Å². The van der Waals surface area contributed by atoms with Gasteiger partial charge in [-0.15, -0.1) is 0 Å². The Labute approximate surface area is 193 Å². The van der Waals surface area contributed by atoms with E-state index in [2.05, 4.69) is 11.8 Å². The average molecular weight is 464 g/mol. The summed E-state index contributed by atoms with van der Waals surface area (Å²) < 4.78 is 53.4. The molecule has 1 saturated carbocycles. The van der Waals surface area contributed by atoms with Gasteiger partial charge in [0.15, 0.2) is 0 Å². The van der Waals surface area contributed by atoms with Gasteiger partial charge in [-0.25, -0.2) is 0 Å². The van der Waals surface area contributed by atoms with Gasteiger partial charge in [0.05, 0.1) is 19.1 Å². The molecular formula is C26H32F3NO3. The third-order valence-electron chi connectivity index (χ3n) is 7.17. The molecule has 180 valence electrons. The molecule has 0 aromatic heterocycles. The van der Waals surface area contributed by atoms with E-state index >= 15 is 0 Å². The maximum atomic E-state index is 14.2. The smallest absolute Gasteiger partial charge is 0.420 e. The molecule has 33 heavy (non-hydrogen) atoms. The Balaban J connectivity index is 1.58. The van der Waals surface area contributed by atoms with Crippen LogP contribution >= 0.6 is 0 Å². The number of carbonyl (C=O) groups excluding carboxylic acids is 1. The van der Waals surface area contributed by atoms with Crippen LogP contribution < -0.4 is 4.74 Å². The predicted octanol–water partition coefficient (Wildman–Crippen LogP) is 6.20. The molecule has 1 aliphatic heterocycles. The van der Waals surface area contributed by atoms with Gasteiger partial charge in [-0.2, -0.15) is 13.2 Å². The van der Waals surface area contributed by atoms with Crippen molar-refractivity contribution >= 4 is 16.7 Å². The normalized spacial score (nSPS) is 22.9. The number of benzene rings is 2. The maximum absolute atomic E-state index is 14.2. The van der Waals surface area contributed by atoms with Crippen LogP contribution in [-0.2, 0) is 22.3 Å². The molecule has 1 aliphatic carbocycles. The van der Waals surface area contributed by atoms with Crippen LogP contribution in [0.1, 0.15) is 56.6 Å². The quantitative estimate of drug-likeness (QED) is 0.495. The molecule has 0 spiro atoms. The summed E-state index contributed by atoms with van der Waals surface area (Å²) >= 11 is 0. The molecule has 2 aromatic carbocycles. The second-order valence-corrected chi connectivity index (χ2v) is 9.52. The first-order chi connectivity index (χ1) is 15.8. The summed E-state index contributed by atoms with van der Waals surface area (Å²) in [5.41, 5.74) is 0.178. The van der Waals surface area contributed by atoms with Gasteiger partial charge in [0.25, 0.3) is 0 Å². The van der Waals surface area contributed by atoms with E-state index in [0.29, 0.717) is 43.8 Å². The number of likely N-dealkylation sites (tertiary alicyclic amines) is 1. The molecular weight excluding hydrogens is 431 g/mol. The number of ether oxygens (including phenoxy) is 2. The molecule has 0 bridgehead atoms. The lowest BCUT2D eigenvalue weighted by Crippen LogP contribution is -2.36. The van der Waals surface area contributed by atoms with Crippen molar-refractivity contribution in [1.29, 1.82) is 0 Å². The average Bonchev–Trinajstić information content (AvgIpc) is 2.79. The summed E-state index contributed by atoms with van der Waals surface area (Å²) in [4.78, 5) is 14.0. The molecule has 4 nitrogen and oxygen atoms in total. The molecule has 0 amide bonds. The number of rotatable bonds is 5. The molecule has 0 unspecified atom stereocenters. The molecule has 4 rings (SSSR count). The number of hydrogen-bond acceptors (Lipinski definition) is 4. The van der Waals surface area contributed by atoms with Crippen LogP contribution in [-0.4, -0.2) is 37.2 Å². The summed E-state index contributed by atoms with van der Waals surface area (Å²) in [6.07, 6.45) is 0.267. The zero-order chi connectivity index (χ0) is 23.6. The minimum Gasteiger partial charge on any atom is -0.490 e. The molecule has 1 saturated heterocycles. The molecule has 2 fully saturated rings. The van der Waals surface area contributed by atoms with Crippen molar-refractivity contribution < 1.29 is 27.4 Å². The highest BCUT2D eigenvalue weighted by Crippen LogP contribution is 2.43. The number of methoxy groups -OCH3 is 1. The first-order valence-electron chi connectivity index (χ1n) is 11.8. The first kappa shape index (κ1) is 23.9. The van der Waals surface area contributed by atoms with E-state index in [1.54, 1.807) is 18.2 Å². The molecule has 0 radical (unpaired) electrons. The minimum absolute atomic E-state index is 0.0643. The standard InChI is InChI=1S/C26H32F3NO3/c1-17-6-8-20(9-7-17)33-23-11-10-21-19(4-3-5-22(21)24(23)26(27,28)29)16-30-14-12-18(13-15-30)25(31)32-2/h3-5,10-11,17-18,20H,6-9,12-16H2,1-2H3. The van der Waals surface area contributed by atoms with Crippen LogP contribution in [0.25, 0.3) is 10.8 Å². The van der Waals surface area contributed by atoms with Gasteiger partial charge >= 0.3 is 12.1 Å². The van der Waals surface area contributed by atoms with E-state index in [9.17, 15) is 18.0 Å². The van der Waals surface area contributed by atoms with E-state index < -0.39 is 11.7 Å². The van der Waals surface area contributed by atoms with E-state index in [1.165, 1.54) is 13.2 Å². The highest BCUT2D eigenvalue weighted by molar-refractivity contribution is 5.91. The number of fused-ring (bicyclic) bond motifs is 1.